The number of piperidine rings is 1. The molecule has 1 aromatic heterocycles. The van der Waals surface area contributed by atoms with Crippen LogP contribution in [-0.2, 0) is 0 Å². The zero-order chi connectivity index (χ0) is 21.8. The largest absolute Gasteiger partial charge is 0.370 e. The van der Waals surface area contributed by atoms with Crippen LogP contribution in [0.5, 0.6) is 0 Å². The fourth-order valence-electron chi connectivity index (χ4n) is 4.07. The van der Waals surface area contributed by atoms with Gasteiger partial charge in [0.05, 0.1) is 17.3 Å². The minimum atomic E-state index is 0.252. The molecule has 2 N–H and O–H groups in total. The predicted molar refractivity (Wildman–Crippen MR) is 129 cm³/mol. The third kappa shape index (κ3) is 4.96. The van der Waals surface area contributed by atoms with E-state index in [2.05, 4.69) is 28.1 Å². The van der Waals surface area contributed by atoms with E-state index in [-0.39, 0.29) is 6.04 Å². The third-order valence-corrected chi connectivity index (χ3v) is 5.84. The van der Waals surface area contributed by atoms with E-state index in [1.807, 2.05) is 61.8 Å². The first-order chi connectivity index (χ1) is 15.0. The van der Waals surface area contributed by atoms with Gasteiger partial charge in [0.1, 0.15) is 0 Å². The van der Waals surface area contributed by atoms with Crippen LogP contribution < -0.4 is 10.6 Å². The first-order valence-electron chi connectivity index (χ1n) is 10.5. The van der Waals surface area contributed by atoms with Crippen LogP contribution in [-0.4, -0.2) is 24.1 Å². The molecule has 4 nitrogen and oxygen atoms in total. The Kier molecular flexibility index (Phi) is 6.36. The molecule has 2 aromatic carbocycles. The summed E-state index contributed by atoms with van der Waals surface area (Å²) in [4.78, 5) is 6.94. The number of nitriles is 1. The number of nitrogens with two attached hydrogens (primary N) is 1. The van der Waals surface area contributed by atoms with Crippen LogP contribution in [0.3, 0.4) is 0 Å². The lowest BCUT2D eigenvalue weighted by Gasteiger charge is -2.34. The smallest absolute Gasteiger partial charge is 0.0991 e. The average Bonchev–Trinajstić information content (AvgIpc) is 2.77. The summed E-state index contributed by atoms with van der Waals surface area (Å²) in [5, 5.41) is 9.90. The SMILES string of the molecule is Cc1cc(Cl)cc(-c2cncc(/C=C/c3cccc(C#N)c3)c2N2CCC(N)CC2)c1. The fraction of sp³-hybridized carbons (Fsp3) is 0.231. The van der Waals surface area contributed by atoms with Crippen LogP contribution in [0.2, 0.25) is 5.02 Å². The van der Waals surface area contributed by atoms with Gasteiger partial charge in [0.2, 0.25) is 0 Å². The molecule has 3 aromatic rings. The maximum absolute atomic E-state index is 9.18. The minimum Gasteiger partial charge on any atom is -0.370 e. The molecule has 1 saturated heterocycles. The molecule has 0 saturated carbocycles. The number of pyridine rings is 1. The van der Waals surface area contributed by atoms with Crippen molar-refractivity contribution < 1.29 is 0 Å². The van der Waals surface area contributed by atoms with E-state index in [0.717, 1.165) is 64.5 Å². The lowest BCUT2D eigenvalue weighted by atomic mass is 9.97. The van der Waals surface area contributed by atoms with E-state index in [1.165, 1.54) is 0 Å². The lowest BCUT2D eigenvalue weighted by molar-refractivity contribution is 0.501. The molecule has 1 aliphatic heterocycles. The summed E-state index contributed by atoms with van der Waals surface area (Å²) in [6.07, 6.45) is 9.85. The molecular weight excluding hydrogens is 404 g/mol. The van der Waals surface area contributed by atoms with Crippen LogP contribution in [0.15, 0.2) is 54.9 Å². The predicted octanol–water partition coefficient (Wildman–Crippen LogP) is 5.68. The van der Waals surface area contributed by atoms with Crippen LogP contribution in [0, 0.1) is 18.3 Å². The first kappa shape index (κ1) is 21.1. The number of rotatable bonds is 4. The van der Waals surface area contributed by atoms with Crippen molar-refractivity contribution in [2.45, 2.75) is 25.8 Å². The zero-order valence-corrected chi connectivity index (χ0v) is 18.3. The van der Waals surface area contributed by atoms with E-state index in [9.17, 15) is 5.26 Å². The molecule has 1 fully saturated rings. The number of halogens is 1. The van der Waals surface area contributed by atoms with Crippen molar-refractivity contribution >= 4 is 29.4 Å². The molecule has 156 valence electrons. The summed E-state index contributed by atoms with van der Waals surface area (Å²) < 4.78 is 0. The van der Waals surface area contributed by atoms with Crippen molar-refractivity contribution in [3.63, 3.8) is 0 Å². The van der Waals surface area contributed by atoms with Crippen molar-refractivity contribution in [2.75, 3.05) is 18.0 Å². The highest BCUT2D eigenvalue weighted by Crippen LogP contribution is 2.37. The Bertz CT molecular complexity index is 1130. The van der Waals surface area contributed by atoms with Crippen LogP contribution in [0.4, 0.5) is 5.69 Å². The summed E-state index contributed by atoms with van der Waals surface area (Å²) in [6, 6.07) is 16.1. The molecular formula is C26H25ClN4. The minimum absolute atomic E-state index is 0.252. The summed E-state index contributed by atoms with van der Waals surface area (Å²) in [5.41, 5.74) is 13.2. The molecule has 1 aliphatic rings. The second-order valence-corrected chi connectivity index (χ2v) is 8.47. The van der Waals surface area contributed by atoms with Gasteiger partial charge in [-0.2, -0.15) is 5.26 Å². The number of hydrogen-bond acceptors (Lipinski definition) is 4. The van der Waals surface area contributed by atoms with Crippen LogP contribution in [0.1, 0.15) is 35.1 Å². The Morgan fingerprint density at radius 3 is 2.68 bits per heavy atom. The number of anilines is 1. The van der Waals surface area contributed by atoms with E-state index >= 15 is 0 Å². The van der Waals surface area contributed by atoms with E-state index in [0.29, 0.717) is 5.56 Å². The standard InChI is InChI=1S/C26H25ClN4/c1-18-11-22(14-23(27)12-18)25-17-30-16-21(26(25)31-9-7-24(29)8-10-31)6-5-19-3-2-4-20(13-19)15-28/h2-6,11-14,16-17,24H,7-10,29H2,1H3/b6-5+. The highest BCUT2D eigenvalue weighted by atomic mass is 35.5. The van der Waals surface area contributed by atoms with Crippen molar-refractivity contribution in [2.24, 2.45) is 5.73 Å². The Morgan fingerprint density at radius 2 is 1.94 bits per heavy atom. The van der Waals surface area contributed by atoms with Crippen LogP contribution in [0.25, 0.3) is 23.3 Å². The molecule has 4 rings (SSSR count). The van der Waals surface area contributed by atoms with Gasteiger partial charge in [-0.1, -0.05) is 42.0 Å². The summed E-state index contributed by atoms with van der Waals surface area (Å²) in [5.74, 6) is 0. The number of benzene rings is 2. The first-order valence-corrected chi connectivity index (χ1v) is 10.9. The van der Waals surface area contributed by atoms with E-state index < -0.39 is 0 Å². The number of hydrogen-bond donors (Lipinski definition) is 1. The quantitative estimate of drug-likeness (QED) is 0.580. The van der Waals surface area contributed by atoms with Gasteiger partial charge < -0.3 is 10.6 Å². The third-order valence-electron chi connectivity index (χ3n) is 5.63. The monoisotopic (exact) mass is 428 g/mol. The average molecular weight is 429 g/mol. The molecule has 0 unspecified atom stereocenters. The van der Waals surface area contributed by atoms with Crippen LogP contribution >= 0.6 is 11.6 Å². The van der Waals surface area contributed by atoms with Gasteiger partial charge in [-0.25, -0.2) is 0 Å². The molecule has 0 radical (unpaired) electrons. The lowest BCUT2D eigenvalue weighted by Crippen LogP contribution is -2.40. The Morgan fingerprint density at radius 1 is 1.13 bits per heavy atom. The maximum Gasteiger partial charge on any atom is 0.0991 e. The van der Waals surface area contributed by atoms with Gasteiger partial charge in [-0.3, -0.25) is 4.98 Å². The summed E-state index contributed by atoms with van der Waals surface area (Å²) in [6.45, 7) is 3.86. The van der Waals surface area contributed by atoms with Gasteiger partial charge in [-0.05, 0) is 60.7 Å². The van der Waals surface area contributed by atoms with E-state index in [4.69, 9.17) is 17.3 Å². The molecule has 0 bridgehead atoms. The molecule has 0 atom stereocenters. The molecule has 0 amide bonds. The van der Waals surface area contributed by atoms with Gasteiger partial charge in [0.15, 0.2) is 0 Å². The zero-order valence-electron chi connectivity index (χ0n) is 17.6. The second kappa shape index (κ2) is 9.34. The topological polar surface area (TPSA) is 65.9 Å². The number of aryl methyl sites for hydroxylation is 1. The summed E-state index contributed by atoms with van der Waals surface area (Å²) in [7, 11) is 0. The van der Waals surface area contributed by atoms with Crippen molar-refractivity contribution in [3.05, 3.63) is 82.1 Å². The molecule has 5 heteroatoms. The van der Waals surface area contributed by atoms with Gasteiger partial charge >= 0.3 is 0 Å². The number of nitrogens with zero attached hydrogens (tertiary/aromatic N) is 3. The molecule has 0 aliphatic carbocycles. The van der Waals surface area contributed by atoms with Crippen molar-refractivity contribution in [1.29, 1.82) is 5.26 Å². The Balaban J connectivity index is 1.80. The van der Waals surface area contributed by atoms with E-state index in [1.54, 1.807) is 0 Å². The maximum atomic E-state index is 9.18. The summed E-state index contributed by atoms with van der Waals surface area (Å²) >= 11 is 6.38. The molecule has 0 spiro atoms. The normalized spacial score (nSPS) is 14.7. The number of aromatic nitrogens is 1. The Hall–Kier alpha value is -3.13. The molecule has 2 heterocycles. The highest BCUT2D eigenvalue weighted by Gasteiger charge is 2.22. The van der Waals surface area contributed by atoms with Gasteiger partial charge in [0.25, 0.3) is 0 Å². The van der Waals surface area contributed by atoms with Gasteiger partial charge in [0, 0.05) is 47.7 Å². The van der Waals surface area contributed by atoms with Crippen molar-refractivity contribution in [3.8, 4) is 17.2 Å². The van der Waals surface area contributed by atoms with Gasteiger partial charge in [-0.15, -0.1) is 0 Å². The van der Waals surface area contributed by atoms with Crippen molar-refractivity contribution in [1.82, 2.24) is 4.98 Å². The highest BCUT2D eigenvalue weighted by molar-refractivity contribution is 6.31. The Labute approximate surface area is 188 Å². The molecule has 31 heavy (non-hydrogen) atoms. The second-order valence-electron chi connectivity index (χ2n) is 8.04. The fourth-order valence-corrected chi connectivity index (χ4v) is 4.36.